The van der Waals surface area contributed by atoms with Crippen LogP contribution in [0.5, 0.6) is 0 Å². The minimum atomic E-state index is 0.303. The summed E-state index contributed by atoms with van der Waals surface area (Å²) in [5.74, 6) is 0. The SMILES string of the molecule is C=CCP(C)CC. The van der Waals surface area contributed by atoms with Gasteiger partial charge in [0.1, 0.15) is 0 Å². The Labute approximate surface area is 47.4 Å². The van der Waals surface area contributed by atoms with Gasteiger partial charge >= 0.3 is 0 Å². The van der Waals surface area contributed by atoms with E-state index in [9.17, 15) is 0 Å². The normalized spacial score (nSPS) is 13.4. The molecule has 0 saturated carbocycles. The lowest BCUT2D eigenvalue weighted by Gasteiger charge is -2.01. The second-order valence-corrected chi connectivity index (χ2v) is 4.35. The summed E-state index contributed by atoms with van der Waals surface area (Å²) < 4.78 is 0. The molecule has 0 N–H and O–H groups in total. The molecule has 0 aliphatic heterocycles. The second kappa shape index (κ2) is 4.33. The van der Waals surface area contributed by atoms with Crippen molar-refractivity contribution in [2.45, 2.75) is 6.92 Å². The minimum Gasteiger partial charge on any atom is -0.106 e. The van der Waals surface area contributed by atoms with Crippen LogP contribution < -0.4 is 0 Å². The van der Waals surface area contributed by atoms with Gasteiger partial charge in [-0.25, -0.2) is 0 Å². The van der Waals surface area contributed by atoms with Crippen LogP contribution in [0.15, 0.2) is 12.7 Å². The van der Waals surface area contributed by atoms with Crippen molar-refractivity contribution in [2.24, 2.45) is 0 Å². The van der Waals surface area contributed by atoms with Crippen LogP contribution in [0.3, 0.4) is 0 Å². The first kappa shape index (κ1) is 7.17. The molecule has 0 rings (SSSR count). The van der Waals surface area contributed by atoms with Crippen LogP contribution in [0.4, 0.5) is 0 Å². The van der Waals surface area contributed by atoms with E-state index in [-0.39, 0.29) is 0 Å². The predicted octanol–water partition coefficient (Wildman–Crippen LogP) is 2.30. The molecule has 1 unspecified atom stereocenters. The van der Waals surface area contributed by atoms with Gasteiger partial charge in [-0.1, -0.05) is 13.0 Å². The zero-order chi connectivity index (χ0) is 5.70. The second-order valence-electron chi connectivity index (χ2n) is 1.64. The van der Waals surface area contributed by atoms with Crippen molar-refractivity contribution in [3.05, 3.63) is 12.7 Å². The van der Waals surface area contributed by atoms with Crippen LogP contribution in [0.2, 0.25) is 0 Å². The zero-order valence-corrected chi connectivity index (χ0v) is 6.04. The topological polar surface area (TPSA) is 0 Å². The summed E-state index contributed by atoms with van der Waals surface area (Å²) in [6, 6.07) is 0. The molecule has 42 valence electrons. The van der Waals surface area contributed by atoms with E-state index in [1.807, 2.05) is 6.08 Å². The highest BCUT2D eigenvalue weighted by Gasteiger charge is 1.89. The molecule has 0 aromatic rings. The summed E-state index contributed by atoms with van der Waals surface area (Å²) in [6.07, 6.45) is 4.57. The van der Waals surface area contributed by atoms with Gasteiger partial charge in [-0.05, 0) is 19.0 Å². The van der Waals surface area contributed by atoms with Gasteiger partial charge < -0.3 is 0 Å². The van der Waals surface area contributed by atoms with Gasteiger partial charge in [0, 0.05) is 0 Å². The van der Waals surface area contributed by atoms with Gasteiger partial charge in [-0.2, -0.15) is 0 Å². The molecule has 0 nitrogen and oxygen atoms in total. The van der Waals surface area contributed by atoms with E-state index < -0.39 is 0 Å². The number of hydrogen-bond acceptors (Lipinski definition) is 0. The maximum Gasteiger partial charge on any atom is -0.0150 e. The molecule has 0 heterocycles. The van der Waals surface area contributed by atoms with Crippen molar-refractivity contribution in [1.29, 1.82) is 0 Å². The number of hydrogen-bond donors (Lipinski definition) is 0. The Balaban J connectivity index is 2.98. The smallest absolute Gasteiger partial charge is 0.0150 e. The van der Waals surface area contributed by atoms with Crippen LogP contribution in [-0.2, 0) is 0 Å². The molecular formula is C6H13P. The molecular weight excluding hydrogens is 103 g/mol. The Morgan fingerprint density at radius 2 is 2.29 bits per heavy atom. The molecule has 0 aliphatic carbocycles. The van der Waals surface area contributed by atoms with Gasteiger partial charge in [0.15, 0.2) is 0 Å². The third-order valence-electron chi connectivity index (χ3n) is 0.981. The van der Waals surface area contributed by atoms with E-state index in [2.05, 4.69) is 20.2 Å². The van der Waals surface area contributed by atoms with E-state index >= 15 is 0 Å². The Bertz CT molecular complexity index is 50.1. The molecule has 1 heteroatoms. The lowest BCUT2D eigenvalue weighted by molar-refractivity contribution is 1.48. The predicted molar refractivity (Wildman–Crippen MR) is 38.4 cm³/mol. The summed E-state index contributed by atoms with van der Waals surface area (Å²) in [7, 11) is 0.303. The minimum absolute atomic E-state index is 0.303. The van der Waals surface area contributed by atoms with Crippen LogP contribution in [0.1, 0.15) is 6.92 Å². The maximum absolute atomic E-state index is 3.66. The molecule has 0 fully saturated rings. The first-order valence-corrected chi connectivity index (χ1v) is 4.76. The molecule has 0 aromatic heterocycles. The highest BCUT2D eigenvalue weighted by molar-refractivity contribution is 7.56. The fourth-order valence-corrected chi connectivity index (χ4v) is 1.05. The molecule has 7 heavy (non-hydrogen) atoms. The van der Waals surface area contributed by atoms with Crippen molar-refractivity contribution in [3.63, 3.8) is 0 Å². The summed E-state index contributed by atoms with van der Waals surface area (Å²) >= 11 is 0. The summed E-state index contributed by atoms with van der Waals surface area (Å²) in [5.41, 5.74) is 0. The Kier molecular flexibility index (Phi) is 4.44. The first-order chi connectivity index (χ1) is 3.31. The third kappa shape index (κ3) is 4.01. The molecule has 0 amide bonds. The first-order valence-electron chi connectivity index (χ1n) is 2.60. The molecule has 0 radical (unpaired) electrons. The van der Waals surface area contributed by atoms with E-state index in [1.54, 1.807) is 0 Å². The van der Waals surface area contributed by atoms with E-state index in [1.165, 1.54) is 12.3 Å². The lowest BCUT2D eigenvalue weighted by Crippen LogP contribution is -1.77. The van der Waals surface area contributed by atoms with E-state index in [0.717, 1.165) is 0 Å². The fourth-order valence-electron chi connectivity index (χ4n) is 0.349. The third-order valence-corrected chi connectivity index (χ3v) is 2.94. The average Bonchev–Trinajstić information content (AvgIpc) is 1.68. The van der Waals surface area contributed by atoms with Crippen molar-refractivity contribution in [3.8, 4) is 0 Å². The van der Waals surface area contributed by atoms with Crippen LogP contribution >= 0.6 is 7.92 Å². The summed E-state index contributed by atoms with van der Waals surface area (Å²) in [4.78, 5) is 0. The fraction of sp³-hybridized carbons (Fsp3) is 0.667. The van der Waals surface area contributed by atoms with E-state index in [4.69, 9.17) is 0 Å². The average molecular weight is 116 g/mol. The maximum atomic E-state index is 3.66. The number of rotatable bonds is 3. The van der Waals surface area contributed by atoms with Crippen LogP contribution in [0.25, 0.3) is 0 Å². The Hall–Kier alpha value is 0.170. The molecule has 0 saturated heterocycles. The highest BCUT2D eigenvalue weighted by atomic mass is 31.1. The Morgan fingerprint density at radius 3 is 2.43 bits per heavy atom. The van der Waals surface area contributed by atoms with E-state index in [0.29, 0.717) is 7.92 Å². The molecule has 0 bridgehead atoms. The number of allylic oxidation sites excluding steroid dienone is 1. The van der Waals surface area contributed by atoms with Crippen molar-refractivity contribution in [2.75, 3.05) is 19.0 Å². The van der Waals surface area contributed by atoms with Gasteiger partial charge in [0.25, 0.3) is 0 Å². The monoisotopic (exact) mass is 116 g/mol. The zero-order valence-electron chi connectivity index (χ0n) is 5.15. The lowest BCUT2D eigenvalue weighted by atomic mass is 10.8. The highest BCUT2D eigenvalue weighted by Crippen LogP contribution is 2.28. The Morgan fingerprint density at radius 1 is 1.71 bits per heavy atom. The largest absolute Gasteiger partial charge is 0.106 e. The van der Waals surface area contributed by atoms with Gasteiger partial charge in [0.2, 0.25) is 0 Å². The van der Waals surface area contributed by atoms with Crippen molar-refractivity contribution in [1.82, 2.24) is 0 Å². The van der Waals surface area contributed by atoms with Crippen LogP contribution in [-0.4, -0.2) is 19.0 Å². The molecule has 0 aliphatic rings. The van der Waals surface area contributed by atoms with Crippen molar-refractivity contribution >= 4 is 7.92 Å². The quantitative estimate of drug-likeness (QED) is 0.392. The molecule has 1 atom stereocenters. The summed E-state index contributed by atoms with van der Waals surface area (Å²) in [5, 5.41) is 0. The molecule has 0 aromatic carbocycles. The van der Waals surface area contributed by atoms with Gasteiger partial charge in [-0.15, -0.1) is 14.5 Å². The van der Waals surface area contributed by atoms with Crippen LogP contribution in [0, 0.1) is 0 Å². The van der Waals surface area contributed by atoms with Gasteiger partial charge in [-0.3, -0.25) is 0 Å². The summed E-state index contributed by atoms with van der Waals surface area (Å²) in [6.45, 7) is 8.20. The van der Waals surface area contributed by atoms with Gasteiger partial charge in [0.05, 0.1) is 0 Å². The van der Waals surface area contributed by atoms with Crippen molar-refractivity contribution < 1.29 is 0 Å². The molecule has 0 spiro atoms. The standard InChI is InChI=1S/C6H13P/c1-4-6-7(3)5-2/h4H,1,5-6H2,2-3H3.